The van der Waals surface area contributed by atoms with Gasteiger partial charge in [-0.3, -0.25) is 0 Å². The Morgan fingerprint density at radius 1 is 0.417 bits per heavy atom. The molecule has 0 saturated heterocycles. The summed E-state index contributed by atoms with van der Waals surface area (Å²) in [4.78, 5) is 40.5. The van der Waals surface area contributed by atoms with E-state index in [2.05, 4.69) is 0 Å². The van der Waals surface area contributed by atoms with Crippen molar-refractivity contribution in [3.8, 4) is 51.7 Å². The number of carbonyl (C=O) groups is 3. The van der Waals surface area contributed by atoms with E-state index in [1.807, 2.05) is 0 Å². The summed E-state index contributed by atoms with van der Waals surface area (Å²) in [5.41, 5.74) is -0.318. The first-order valence-corrected chi connectivity index (χ1v) is 14.1. The molecule has 48 heavy (non-hydrogen) atoms. The van der Waals surface area contributed by atoms with Crippen molar-refractivity contribution >= 4 is 17.9 Å². The van der Waals surface area contributed by atoms with Crippen molar-refractivity contribution in [1.82, 2.24) is 0 Å². The third-order valence-corrected chi connectivity index (χ3v) is 6.87. The normalized spacial score (nSPS) is 10.4. The zero-order chi connectivity index (χ0) is 35.4. The molecule has 3 aromatic rings. The van der Waals surface area contributed by atoms with Gasteiger partial charge in [0.2, 0.25) is 0 Å². The van der Waals surface area contributed by atoms with Crippen LogP contribution in [0.4, 0.5) is 0 Å². The van der Waals surface area contributed by atoms with Gasteiger partial charge in [-0.15, -0.1) is 0 Å². The third kappa shape index (κ3) is 7.79. The van der Waals surface area contributed by atoms with Gasteiger partial charge in [0.25, 0.3) is 0 Å². The van der Waals surface area contributed by atoms with E-state index >= 15 is 0 Å². The van der Waals surface area contributed by atoms with Crippen molar-refractivity contribution in [3.05, 3.63) is 53.1 Å². The largest absolute Gasteiger partial charge is 0.496 e. The Kier molecular flexibility index (Phi) is 13.2. The zero-order valence-corrected chi connectivity index (χ0v) is 28.1. The molecule has 0 fully saturated rings. The van der Waals surface area contributed by atoms with Gasteiger partial charge < -0.3 is 56.8 Å². The molecule has 15 heteroatoms. The molecule has 0 aliphatic carbocycles. The van der Waals surface area contributed by atoms with Gasteiger partial charge in [-0.1, -0.05) is 0 Å². The van der Waals surface area contributed by atoms with Crippen LogP contribution in [0.2, 0.25) is 0 Å². The van der Waals surface area contributed by atoms with E-state index < -0.39 is 37.2 Å². The average molecular weight is 675 g/mol. The van der Waals surface area contributed by atoms with E-state index in [0.717, 1.165) is 0 Å². The van der Waals surface area contributed by atoms with Gasteiger partial charge in [0.05, 0.1) is 64.0 Å². The summed E-state index contributed by atoms with van der Waals surface area (Å²) in [7, 11) is 12.3. The van der Waals surface area contributed by atoms with Gasteiger partial charge in [0, 0.05) is 0 Å². The number of hydrogen-bond acceptors (Lipinski definition) is 15. The summed E-state index contributed by atoms with van der Waals surface area (Å²) in [5.74, 6) is -1.64. The first-order valence-electron chi connectivity index (χ1n) is 14.1. The highest BCUT2D eigenvalue weighted by Crippen LogP contribution is 2.40. The van der Waals surface area contributed by atoms with E-state index in [1.54, 1.807) is 18.2 Å². The monoisotopic (exact) mass is 674 g/mol. The number of carbonyl (C=O) groups excluding carboxylic acids is 3. The minimum absolute atomic E-state index is 0.0197. The second kappa shape index (κ2) is 17.3. The van der Waals surface area contributed by atoms with Crippen molar-refractivity contribution in [1.29, 1.82) is 0 Å². The van der Waals surface area contributed by atoms with Crippen molar-refractivity contribution in [2.75, 3.05) is 77.2 Å². The topological polar surface area (TPSA) is 162 Å². The van der Waals surface area contributed by atoms with Crippen LogP contribution in [0.15, 0.2) is 36.4 Å². The first kappa shape index (κ1) is 36.7. The van der Waals surface area contributed by atoms with Crippen LogP contribution in [-0.2, 0) is 14.2 Å². The number of ether oxygens (including phenoxy) is 12. The lowest BCUT2D eigenvalue weighted by molar-refractivity contribution is -0.0260. The van der Waals surface area contributed by atoms with Gasteiger partial charge >= 0.3 is 17.9 Å². The van der Waals surface area contributed by atoms with Crippen molar-refractivity contribution in [2.24, 2.45) is 0 Å². The molecule has 0 aromatic heterocycles. The molecular weight excluding hydrogens is 636 g/mol. The summed E-state index contributed by atoms with van der Waals surface area (Å²) in [6.45, 7) is -1.19. The number of esters is 3. The average Bonchev–Trinajstić information content (AvgIpc) is 3.12. The lowest BCUT2D eigenvalue weighted by Crippen LogP contribution is -2.31. The van der Waals surface area contributed by atoms with Gasteiger partial charge in [0.15, 0.2) is 40.6 Å². The van der Waals surface area contributed by atoms with Gasteiger partial charge in [-0.25, -0.2) is 14.4 Å². The minimum Gasteiger partial charge on any atom is -0.496 e. The Hall–Kier alpha value is -5.73. The standard InChI is InChI=1S/C33H38O15/c1-37-19-10-13-22(40-4)28(43-7)25(19)31(34)46-16-18(48-33(36)27-21(39-3)12-15-24(42-6)30(27)45-9)17-47-32(35)26-20(38-2)11-14-23(41-5)29(26)44-8/h10-15,18H,16-17H2,1-9H3. The lowest BCUT2D eigenvalue weighted by Gasteiger charge is -2.22. The minimum atomic E-state index is -1.38. The smallest absolute Gasteiger partial charge is 0.346 e. The van der Waals surface area contributed by atoms with Crippen LogP contribution in [0, 0.1) is 0 Å². The Morgan fingerprint density at radius 3 is 0.958 bits per heavy atom. The fraction of sp³-hybridized carbons (Fsp3) is 0.364. The second-order valence-corrected chi connectivity index (χ2v) is 9.36. The molecule has 0 bridgehead atoms. The van der Waals surface area contributed by atoms with E-state index in [0.29, 0.717) is 0 Å². The number of rotatable bonds is 17. The molecule has 0 unspecified atom stereocenters. The lowest BCUT2D eigenvalue weighted by atomic mass is 10.1. The molecule has 0 heterocycles. The molecule has 3 rings (SSSR count). The Balaban J connectivity index is 2.00. The Morgan fingerprint density at radius 2 is 0.688 bits per heavy atom. The van der Waals surface area contributed by atoms with E-state index in [9.17, 15) is 14.4 Å². The quantitative estimate of drug-likeness (QED) is 0.149. The molecule has 15 nitrogen and oxygen atoms in total. The number of benzene rings is 3. The molecule has 0 amide bonds. The van der Waals surface area contributed by atoms with E-state index in [-0.39, 0.29) is 68.4 Å². The van der Waals surface area contributed by atoms with Crippen LogP contribution in [0.25, 0.3) is 0 Å². The predicted molar refractivity (Wildman–Crippen MR) is 168 cm³/mol. The van der Waals surface area contributed by atoms with Crippen LogP contribution in [0.3, 0.4) is 0 Å². The maximum Gasteiger partial charge on any atom is 0.346 e. The summed E-state index contributed by atoms with van der Waals surface area (Å²) < 4.78 is 65.0. The van der Waals surface area contributed by atoms with Crippen molar-refractivity contribution in [2.45, 2.75) is 6.10 Å². The Labute approximate surface area is 277 Å². The highest BCUT2D eigenvalue weighted by atomic mass is 16.6. The number of methoxy groups -OCH3 is 9. The van der Waals surface area contributed by atoms with Gasteiger partial charge in [-0.05, 0) is 36.4 Å². The van der Waals surface area contributed by atoms with Crippen LogP contribution < -0.4 is 42.6 Å². The molecule has 0 saturated carbocycles. The third-order valence-electron chi connectivity index (χ3n) is 6.87. The molecule has 0 N–H and O–H groups in total. The fourth-order valence-electron chi connectivity index (χ4n) is 4.62. The second-order valence-electron chi connectivity index (χ2n) is 9.36. The zero-order valence-electron chi connectivity index (χ0n) is 28.1. The SMILES string of the molecule is COc1ccc(OC)c(C(=O)OCC(COC(=O)c2c(OC)ccc(OC)c2OC)OC(=O)c2c(OC)ccc(OC)c2OC)c1OC. The molecule has 260 valence electrons. The van der Waals surface area contributed by atoms with Crippen LogP contribution in [0.1, 0.15) is 31.1 Å². The van der Waals surface area contributed by atoms with Crippen molar-refractivity contribution in [3.63, 3.8) is 0 Å². The predicted octanol–water partition coefficient (Wildman–Crippen LogP) is 4.00. The fourth-order valence-corrected chi connectivity index (χ4v) is 4.62. The van der Waals surface area contributed by atoms with E-state index in [4.69, 9.17) is 56.8 Å². The maximum atomic E-state index is 13.6. The highest BCUT2D eigenvalue weighted by Gasteiger charge is 2.31. The molecule has 0 aliphatic heterocycles. The highest BCUT2D eigenvalue weighted by molar-refractivity contribution is 5.98. The van der Waals surface area contributed by atoms with Crippen LogP contribution >= 0.6 is 0 Å². The summed E-state index contributed by atoms with van der Waals surface area (Å²) in [6, 6.07) is 9.11. The molecule has 3 aromatic carbocycles. The molecule has 0 radical (unpaired) electrons. The molecular formula is C33H38O15. The molecule has 0 atom stereocenters. The Bertz CT molecular complexity index is 1520. The van der Waals surface area contributed by atoms with Gasteiger partial charge in [0.1, 0.15) is 47.2 Å². The maximum absolute atomic E-state index is 13.6. The number of hydrogen-bond donors (Lipinski definition) is 0. The van der Waals surface area contributed by atoms with Crippen LogP contribution in [0.5, 0.6) is 51.7 Å². The van der Waals surface area contributed by atoms with Crippen LogP contribution in [-0.4, -0.2) is 101 Å². The van der Waals surface area contributed by atoms with E-state index in [1.165, 1.54) is 82.2 Å². The first-order chi connectivity index (χ1) is 23.2. The summed E-state index contributed by atoms with van der Waals surface area (Å²) in [5, 5.41) is 0. The molecule has 0 spiro atoms. The summed E-state index contributed by atoms with van der Waals surface area (Å²) >= 11 is 0. The van der Waals surface area contributed by atoms with Gasteiger partial charge in [-0.2, -0.15) is 0 Å². The molecule has 0 aliphatic rings. The summed E-state index contributed by atoms with van der Waals surface area (Å²) in [6.07, 6.45) is -1.38. The van der Waals surface area contributed by atoms with Crippen molar-refractivity contribution < 1.29 is 71.2 Å².